The van der Waals surface area contributed by atoms with Crippen molar-refractivity contribution in [3.05, 3.63) is 60.2 Å². The lowest BCUT2D eigenvalue weighted by molar-refractivity contribution is 0.104. The quantitative estimate of drug-likeness (QED) is 0.809. The number of nitrogens with zero attached hydrogens (tertiary/aromatic N) is 1. The lowest BCUT2D eigenvalue weighted by Crippen LogP contribution is -2.31. The molecule has 0 saturated heterocycles. The highest BCUT2D eigenvalue weighted by Gasteiger charge is 2.07. The van der Waals surface area contributed by atoms with Gasteiger partial charge in [0.15, 0.2) is 11.6 Å². The third kappa shape index (κ3) is 4.60. The van der Waals surface area contributed by atoms with Crippen molar-refractivity contribution in [1.82, 2.24) is 10.3 Å². The number of para-hydroxylation sites is 1. The van der Waals surface area contributed by atoms with Crippen molar-refractivity contribution in [2.24, 2.45) is 0 Å². The van der Waals surface area contributed by atoms with Crippen LogP contribution in [0.1, 0.15) is 5.56 Å². The van der Waals surface area contributed by atoms with Crippen LogP contribution in [0, 0.1) is 5.82 Å². The summed E-state index contributed by atoms with van der Waals surface area (Å²) >= 11 is 0. The normalized spacial score (nSPS) is 12.1. The minimum absolute atomic E-state index is 0.0459. The molecule has 0 aliphatic rings. The second kappa shape index (κ2) is 7.57. The van der Waals surface area contributed by atoms with E-state index in [1.807, 2.05) is 12.1 Å². The van der Waals surface area contributed by atoms with Gasteiger partial charge in [-0.1, -0.05) is 12.1 Å². The fourth-order valence-electron chi connectivity index (χ4n) is 1.69. The van der Waals surface area contributed by atoms with Crippen LogP contribution in [-0.4, -0.2) is 29.3 Å². The summed E-state index contributed by atoms with van der Waals surface area (Å²) in [7, 11) is 0. The molecule has 0 saturated carbocycles. The molecule has 1 aromatic heterocycles. The van der Waals surface area contributed by atoms with Crippen LogP contribution in [0.4, 0.5) is 4.39 Å². The van der Waals surface area contributed by atoms with E-state index < -0.39 is 11.9 Å². The Hall–Kier alpha value is -1.98. The molecule has 4 nitrogen and oxygen atoms in total. The number of pyridine rings is 1. The Bertz CT molecular complexity index is 522. The van der Waals surface area contributed by atoms with Crippen LogP contribution in [0.5, 0.6) is 5.75 Å². The number of nitrogens with one attached hydrogen (secondary N) is 1. The summed E-state index contributed by atoms with van der Waals surface area (Å²) in [4.78, 5) is 3.93. The van der Waals surface area contributed by atoms with Crippen LogP contribution < -0.4 is 10.1 Å². The predicted octanol–water partition coefficient (Wildman–Crippen LogP) is 1.75. The third-order valence-electron chi connectivity index (χ3n) is 2.73. The molecule has 1 heterocycles. The highest BCUT2D eigenvalue weighted by molar-refractivity contribution is 5.23. The maximum Gasteiger partial charge on any atom is 0.165 e. The minimum Gasteiger partial charge on any atom is -0.488 e. The Kier molecular flexibility index (Phi) is 5.46. The maximum absolute atomic E-state index is 13.3. The number of hydrogen-bond acceptors (Lipinski definition) is 4. The van der Waals surface area contributed by atoms with Gasteiger partial charge in [0.1, 0.15) is 12.7 Å². The van der Waals surface area contributed by atoms with Gasteiger partial charge < -0.3 is 15.2 Å². The first kappa shape index (κ1) is 14.4. The number of aliphatic hydroxyl groups excluding tert-OH is 1. The molecule has 20 heavy (non-hydrogen) atoms. The number of halogens is 1. The van der Waals surface area contributed by atoms with Crippen LogP contribution in [0.3, 0.4) is 0 Å². The van der Waals surface area contributed by atoms with E-state index in [1.54, 1.807) is 24.5 Å². The molecular weight excluding hydrogens is 259 g/mol. The van der Waals surface area contributed by atoms with Crippen LogP contribution in [0.15, 0.2) is 48.8 Å². The summed E-state index contributed by atoms with van der Waals surface area (Å²) in [6.07, 6.45) is 2.74. The highest BCUT2D eigenvalue weighted by atomic mass is 19.1. The molecule has 0 spiro atoms. The van der Waals surface area contributed by atoms with Gasteiger partial charge in [0, 0.05) is 25.5 Å². The number of aromatic nitrogens is 1. The van der Waals surface area contributed by atoms with Gasteiger partial charge in [-0.15, -0.1) is 0 Å². The van der Waals surface area contributed by atoms with Crippen LogP contribution in [-0.2, 0) is 6.54 Å². The summed E-state index contributed by atoms with van der Waals surface area (Å²) in [6.45, 7) is 1.06. The van der Waals surface area contributed by atoms with Crippen molar-refractivity contribution in [2.45, 2.75) is 12.6 Å². The van der Waals surface area contributed by atoms with Crippen molar-refractivity contribution in [3.8, 4) is 5.75 Å². The second-order valence-electron chi connectivity index (χ2n) is 4.38. The predicted molar refractivity (Wildman–Crippen MR) is 73.8 cm³/mol. The molecule has 0 fully saturated rings. The molecule has 1 unspecified atom stereocenters. The summed E-state index contributed by atoms with van der Waals surface area (Å²) < 4.78 is 18.5. The van der Waals surface area contributed by atoms with Gasteiger partial charge in [-0.3, -0.25) is 4.98 Å². The van der Waals surface area contributed by atoms with E-state index in [0.29, 0.717) is 13.1 Å². The summed E-state index contributed by atoms with van der Waals surface area (Å²) in [6, 6.07) is 9.93. The SMILES string of the molecule is OC(CNCc1ccncc1)COc1ccccc1F. The molecule has 0 amide bonds. The molecule has 5 heteroatoms. The van der Waals surface area contributed by atoms with Crippen LogP contribution in [0.2, 0.25) is 0 Å². The van der Waals surface area contributed by atoms with Crippen molar-refractivity contribution in [1.29, 1.82) is 0 Å². The Labute approximate surface area is 117 Å². The van der Waals surface area contributed by atoms with E-state index >= 15 is 0 Å². The fraction of sp³-hybridized carbons (Fsp3) is 0.267. The number of hydrogen-bond donors (Lipinski definition) is 2. The van der Waals surface area contributed by atoms with Crippen molar-refractivity contribution < 1.29 is 14.2 Å². The Morgan fingerprint density at radius 3 is 2.70 bits per heavy atom. The first-order valence-corrected chi connectivity index (χ1v) is 6.40. The van der Waals surface area contributed by atoms with Gasteiger partial charge in [-0.25, -0.2) is 4.39 Å². The van der Waals surface area contributed by atoms with Crippen LogP contribution >= 0.6 is 0 Å². The highest BCUT2D eigenvalue weighted by Crippen LogP contribution is 2.15. The van der Waals surface area contributed by atoms with Gasteiger partial charge in [-0.2, -0.15) is 0 Å². The van der Waals surface area contributed by atoms with E-state index in [0.717, 1.165) is 5.56 Å². The number of rotatable bonds is 7. The molecule has 1 atom stereocenters. The molecule has 0 aliphatic heterocycles. The lowest BCUT2D eigenvalue weighted by atomic mass is 10.2. The van der Waals surface area contributed by atoms with Crippen LogP contribution in [0.25, 0.3) is 0 Å². The van der Waals surface area contributed by atoms with Gasteiger partial charge in [-0.05, 0) is 29.8 Å². The van der Waals surface area contributed by atoms with E-state index in [9.17, 15) is 9.50 Å². The zero-order chi connectivity index (χ0) is 14.2. The zero-order valence-electron chi connectivity index (χ0n) is 11.0. The molecule has 1 aromatic carbocycles. The van der Waals surface area contributed by atoms with Crippen molar-refractivity contribution in [2.75, 3.05) is 13.2 Å². The standard InChI is InChI=1S/C15H17FN2O2/c16-14-3-1-2-4-15(14)20-11-13(19)10-18-9-12-5-7-17-8-6-12/h1-8,13,18-19H,9-11H2. The molecule has 106 valence electrons. The van der Waals surface area contributed by atoms with Gasteiger partial charge in [0.25, 0.3) is 0 Å². The molecule has 2 N–H and O–H groups in total. The molecule has 0 radical (unpaired) electrons. The third-order valence-corrected chi connectivity index (χ3v) is 2.73. The smallest absolute Gasteiger partial charge is 0.165 e. The zero-order valence-corrected chi connectivity index (χ0v) is 11.0. The van der Waals surface area contributed by atoms with Gasteiger partial charge >= 0.3 is 0 Å². The summed E-state index contributed by atoms with van der Waals surface area (Å²) in [5.41, 5.74) is 1.09. The van der Waals surface area contributed by atoms with E-state index in [2.05, 4.69) is 10.3 Å². The average Bonchev–Trinajstić information content (AvgIpc) is 2.47. The molecular formula is C15H17FN2O2. The molecule has 0 aliphatic carbocycles. The first-order chi connectivity index (χ1) is 9.75. The van der Waals surface area contributed by atoms with Gasteiger partial charge in [0.2, 0.25) is 0 Å². The lowest BCUT2D eigenvalue weighted by Gasteiger charge is -2.13. The first-order valence-electron chi connectivity index (χ1n) is 6.40. The molecule has 0 bridgehead atoms. The van der Waals surface area contributed by atoms with E-state index in [1.165, 1.54) is 12.1 Å². The fourth-order valence-corrected chi connectivity index (χ4v) is 1.69. The average molecular weight is 276 g/mol. The second-order valence-corrected chi connectivity index (χ2v) is 4.38. The number of benzene rings is 1. The number of ether oxygens (including phenoxy) is 1. The summed E-state index contributed by atoms with van der Waals surface area (Å²) in [5, 5.41) is 12.9. The Balaban J connectivity index is 1.68. The topological polar surface area (TPSA) is 54.4 Å². The van der Waals surface area contributed by atoms with Gasteiger partial charge in [0.05, 0.1) is 0 Å². The van der Waals surface area contributed by atoms with Crippen molar-refractivity contribution >= 4 is 0 Å². The van der Waals surface area contributed by atoms with Crippen molar-refractivity contribution in [3.63, 3.8) is 0 Å². The molecule has 2 aromatic rings. The maximum atomic E-state index is 13.3. The van der Waals surface area contributed by atoms with E-state index in [4.69, 9.17) is 4.74 Å². The number of aliphatic hydroxyl groups is 1. The largest absolute Gasteiger partial charge is 0.488 e. The van der Waals surface area contributed by atoms with E-state index in [-0.39, 0.29) is 12.4 Å². The Morgan fingerprint density at radius 2 is 1.95 bits per heavy atom. The molecule has 2 rings (SSSR count). The minimum atomic E-state index is -0.698. The Morgan fingerprint density at radius 1 is 1.20 bits per heavy atom. The summed E-state index contributed by atoms with van der Waals surface area (Å²) in [5.74, 6) is -0.273. The monoisotopic (exact) mass is 276 g/mol.